The number of benzene rings is 2. The molecule has 6 heteroatoms. The summed E-state index contributed by atoms with van der Waals surface area (Å²) in [5.41, 5.74) is 1.09. The lowest BCUT2D eigenvalue weighted by molar-refractivity contribution is -0.147. The van der Waals surface area contributed by atoms with E-state index >= 15 is 0 Å². The Kier molecular flexibility index (Phi) is 4.93. The van der Waals surface area contributed by atoms with E-state index in [1.807, 2.05) is 0 Å². The predicted octanol–water partition coefficient (Wildman–Crippen LogP) is 3.25. The van der Waals surface area contributed by atoms with Gasteiger partial charge in [0, 0.05) is 11.6 Å². The first-order valence-corrected chi connectivity index (χ1v) is 7.99. The summed E-state index contributed by atoms with van der Waals surface area (Å²) in [6, 6.07) is 12.1. The molecule has 0 aromatic heterocycles. The van der Waals surface area contributed by atoms with Crippen LogP contribution in [0, 0.1) is 0 Å². The van der Waals surface area contributed by atoms with Gasteiger partial charge >= 0.3 is 5.97 Å². The maximum absolute atomic E-state index is 12.5. The molecule has 1 aliphatic rings. The molecule has 0 saturated heterocycles. The van der Waals surface area contributed by atoms with Crippen LogP contribution in [0.3, 0.4) is 0 Å². The van der Waals surface area contributed by atoms with Gasteiger partial charge in [-0.15, -0.1) is 0 Å². The van der Waals surface area contributed by atoms with Crippen LogP contribution in [-0.2, 0) is 9.53 Å². The number of rotatable bonds is 5. The average Bonchev–Trinajstić information content (AvgIpc) is 2.97. The van der Waals surface area contributed by atoms with E-state index < -0.39 is 12.1 Å². The zero-order valence-electron chi connectivity index (χ0n) is 14.6. The minimum Gasteiger partial charge on any atom is -0.497 e. The number of carbonyl (C=O) groups is 2. The Morgan fingerprint density at radius 3 is 2.65 bits per heavy atom. The second kappa shape index (κ2) is 7.31. The van der Waals surface area contributed by atoms with Gasteiger partial charge in [-0.1, -0.05) is 18.2 Å². The quantitative estimate of drug-likeness (QED) is 0.606. The molecule has 26 heavy (non-hydrogen) atoms. The lowest BCUT2D eigenvalue weighted by Gasteiger charge is -2.14. The van der Waals surface area contributed by atoms with Gasteiger partial charge in [0.05, 0.1) is 19.8 Å². The van der Waals surface area contributed by atoms with E-state index in [1.165, 1.54) is 7.11 Å². The van der Waals surface area contributed by atoms with Crippen molar-refractivity contribution in [1.29, 1.82) is 0 Å². The van der Waals surface area contributed by atoms with Crippen LogP contribution in [0.5, 0.6) is 17.2 Å². The molecule has 0 amide bonds. The van der Waals surface area contributed by atoms with Crippen LogP contribution in [0.25, 0.3) is 6.08 Å². The number of hydrogen-bond acceptors (Lipinski definition) is 6. The number of Topliss-reactive ketones (excluding diaryl/α,β-unsaturated/α-hetero) is 1. The highest BCUT2D eigenvalue weighted by molar-refractivity contribution is 6.14. The van der Waals surface area contributed by atoms with Gasteiger partial charge in [-0.3, -0.25) is 4.79 Å². The monoisotopic (exact) mass is 354 g/mol. The number of ketones is 1. The highest BCUT2D eigenvalue weighted by Crippen LogP contribution is 2.35. The second-order valence-corrected chi connectivity index (χ2v) is 5.62. The highest BCUT2D eigenvalue weighted by Gasteiger charge is 2.28. The zero-order chi connectivity index (χ0) is 18.7. The number of allylic oxidation sites excluding steroid dienone is 1. The predicted molar refractivity (Wildman–Crippen MR) is 94.5 cm³/mol. The van der Waals surface area contributed by atoms with Crippen molar-refractivity contribution in [2.75, 3.05) is 14.2 Å². The molecule has 1 atom stereocenters. The second-order valence-electron chi connectivity index (χ2n) is 5.62. The number of esters is 1. The standard InChI is InChI=1S/C20H18O6/c1-12(20(22)24-3)25-16-7-5-4-6-13(16)10-18-19(21)15-9-8-14(23-2)11-17(15)26-18/h4-12H,1-3H3. The Labute approximate surface area is 150 Å². The van der Waals surface area contributed by atoms with Gasteiger partial charge in [-0.25, -0.2) is 4.79 Å². The van der Waals surface area contributed by atoms with Crippen LogP contribution in [0.1, 0.15) is 22.8 Å². The SMILES string of the molecule is COC(=O)C(C)Oc1ccccc1C=C1Oc2cc(OC)ccc2C1=O. The molecule has 0 spiro atoms. The fourth-order valence-corrected chi connectivity index (χ4v) is 2.55. The zero-order valence-corrected chi connectivity index (χ0v) is 14.6. The van der Waals surface area contributed by atoms with E-state index in [9.17, 15) is 9.59 Å². The highest BCUT2D eigenvalue weighted by atomic mass is 16.6. The number of hydrogen-bond donors (Lipinski definition) is 0. The van der Waals surface area contributed by atoms with Crippen molar-refractivity contribution in [3.8, 4) is 17.2 Å². The fourth-order valence-electron chi connectivity index (χ4n) is 2.55. The Bertz CT molecular complexity index is 884. The summed E-state index contributed by atoms with van der Waals surface area (Å²) in [7, 11) is 2.85. The molecular formula is C20H18O6. The van der Waals surface area contributed by atoms with Crippen LogP contribution >= 0.6 is 0 Å². The molecule has 0 bridgehead atoms. The Morgan fingerprint density at radius 1 is 1.15 bits per heavy atom. The molecular weight excluding hydrogens is 336 g/mol. The van der Waals surface area contributed by atoms with Crippen molar-refractivity contribution in [2.45, 2.75) is 13.0 Å². The summed E-state index contributed by atoms with van der Waals surface area (Å²) >= 11 is 0. The molecule has 0 radical (unpaired) electrons. The number of para-hydroxylation sites is 1. The molecule has 3 rings (SSSR count). The first kappa shape index (κ1) is 17.5. The smallest absolute Gasteiger partial charge is 0.346 e. The van der Waals surface area contributed by atoms with Gasteiger partial charge in [-0.2, -0.15) is 0 Å². The van der Waals surface area contributed by atoms with Crippen LogP contribution in [0.15, 0.2) is 48.2 Å². The van der Waals surface area contributed by atoms with Gasteiger partial charge in [0.15, 0.2) is 11.9 Å². The van der Waals surface area contributed by atoms with Gasteiger partial charge < -0.3 is 18.9 Å². The number of methoxy groups -OCH3 is 2. The molecule has 2 aromatic carbocycles. The molecule has 0 fully saturated rings. The average molecular weight is 354 g/mol. The lowest BCUT2D eigenvalue weighted by atomic mass is 10.1. The van der Waals surface area contributed by atoms with Crippen molar-refractivity contribution in [1.82, 2.24) is 0 Å². The summed E-state index contributed by atoms with van der Waals surface area (Å²) in [5.74, 6) is 0.965. The summed E-state index contributed by atoms with van der Waals surface area (Å²) in [4.78, 5) is 24.1. The van der Waals surface area contributed by atoms with Crippen molar-refractivity contribution in [2.24, 2.45) is 0 Å². The maximum atomic E-state index is 12.5. The van der Waals surface area contributed by atoms with Gasteiger partial charge in [0.25, 0.3) is 0 Å². The lowest BCUT2D eigenvalue weighted by Crippen LogP contribution is -2.25. The Morgan fingerprint density at radius 2 is 1.92 bits per heavy atom. The number of fused-ring (bicyclic) bond motifs is 1. The summed E-state index contributed by atoms with van der Waals surface area (Å²) < 4.78 is 21.1. The van der Waals surface area contributed by atoms with Gasteiger partial charge in [0.1, 0.15) is 17.2 Å². The van der Waals surface area contributed by atoms with E-state index in [1.54, 1.807) is 62.6 Å². The normalized spacial score (nSPS) is 15.2. The minimum atomic E-state index is -0.777. The van der Waals surface area contributed by atoms with Crippen LogP contribution < -0.4 is 14.2 Å². The largest absolute Gasteiger partial charge is 0.497 e. The molecule has 134 valence electrons. The molecule has 1 heterocycles. The van der Waals surface area contributed by atoms with E-state index in [0.717, 1.165) is 0 Å². The summed E-state index contributed by atoms with van der Waals surface area (Å²) in [6.45, 7) is 1.59. The molecule has 1 aliphatic heterocycles. The summed E-state index contributed by atoms with van der Waals surface area (Å²) in [5, 5.41) is 0. The first-order valence-electron chi connectivity index (χ1n) is 7.99. The Hall–Kier alpha value is -3.28. The third-order valence-corrected chi connectivity index (χ3v) is 3.92. The summed E-state index contributed by atoms with van der Waals surface area (Å²) in [6.07, 6.45) is 0.815. The number of carbonyl (C=O) groups excluding carboxylic acids is 2. The molecule has 1 unspecified atom stereocenters. The molecule has 0 saturated carbocycles. The van der Waals surface area contributed by atoms with Gasteiger partial charge in [-0.05, 0) is 31.2 Å². The van der Waals surface area contributed by atoms with Crippen LogP contribution in [0.4, 0.5) is 0 Å². The third-order valence-electron chi connectivity index (χ3n) is 3.92. The molecule has 0 N–H and O–H groups in total. The van der Waals surface area contributed by atoms with Crippen molar-refractivity contribution in [3.05, 3.63) is 59.4 Å². The Balaban J connectivity index is 1.89. The van der Waals surface area contributed by atoms with Crippen LogP contribution in [0.2, 0.25) is 0 Å². The third kappa shape index (κ3) is 3.39. The molecule has 2 aromatic rings. The van der Waals surface area contributed by atoms with E-state index in [-0.39, 0.29) is 11.5 Å². The van der Waals surface area contributed by atoms with Crippen molar-refractivity contribution < 1.29 is 28.5 Å². The fraction of sp³-hybridized carbons (Fsp3) is 0.200. The van der Waals surface area contributed by atoms with E-state index in [2.05, 4.69) is 4.74 Å². The molecule has 0 aliphatic carbocycles. The van der Waals surface area contributed by atoms with Crippen LogP contribution in [-0.4, -0.2) is 32.1 Å². The minimum absolute atomic E-state index is 0.176. The molecule has 6 nitrogen and oxygen atoms in total. The first-order chi connectivity index (χ1) is 12.5. The topological polar surface area (TPSA) is 71.1 Å². The maximum Gasteiger partial charge on any atom is 0.346 e. The van der Waals surface area contributed by atoms with E-state index in [4.69, 9.17) is 14.2 Å². The van der Waals surface area contributed by atoms with E-state index in [0.29, 0.717) is 28.4 Å². The number of ether oxygens (including phenoxy) is 4. The van der Waals surface area contributed by atoms with Crippen molar-refractivity contribution in [3.63, 3.8) is 0 Å². The van der Waals surface area contributed by atoms with Gasteiger partial charge in [0.2, 0.25) is 5.78 Å². The van der Waals surface area contributed by atoms with Crippen molar-refractivity contribution >= 4 is 17.8 Å².